The van der Waals surface area contributed by atoms with Crippen molar-refractivity contribution in [3.63, 3.8) is 0 Å². The summed E-state index contributed by atoms with van der Waals surface area (Å²) < 4.78 is 37.6. The fourth-order valence-electron chi connectivity index (χ4n) is 4.19. The Hall–Kier alpha value is -3.07. The summed E-state index contributed by atoms with van der Waals surface area (Å²) in [5.41, 5.74) is 0.549. The number of ether oxygens (including phenoxy) is 2. The molecular weight excluding hydrogens is 456 g/mol. The molecule has 0 saturated heterocycles. The van der Waals surface area contributed by atoms with Crippen molar-refractivity contribution in [2.24, 2.45) is 11.8 Å². The van der Waals surface area contributed by atoms with Gasteiger partial charge < -0.3 is 14.8 Å². The zero-order chi connectivity index (χ0) is 24.9. The van der Waals surface area contributed by atoms with E-state index in [1.165, 1.54) is 38.4 Å². The lowest BCUT2D eigenvalue weighted by atomic mass is 9.78. The minimum atomic E-state index is -3.88. The molecule has 1 N–H and O–H groups in total. The minimum absolute atomic E-state index is 0.00982. The molecule has 9 heteroatoms. The molecule has 0 aliphatic heterocycles. The van der Waals surface area contributed by atoms with Crippen LogP contribution < -0.4 is 14.4 Å². The van der Waals surface area contributed by atoms with Crippen LogP contribution in [0.4, 0.5) is 5.69 Å². The van der Waals surface area contributed by atoms with Crippen molar-refractivity contribution < 1.29 is 27.5 Å². The van der Waals surface area contributed by atoms with Crippen molar-refractivity contribution >= 4 is 27.6 Å². The zero-order valence-electron chi connectivity index (χ0n) is 20.0. The molecule has 1 fully saturated rings. The maximum Gasteiger partial charge on any atom is 0.338 e. The van der Waals surface area contributed by atoms with E-state index in [1.54, 1.807) is 24.3 Å². The number of esters is 1. The number of sulfonamides is 1. The largest absolute Gasteiger partial charge is 0.495 e. The summed E-state index contributed by atoms with van der Waals surface area (Å²) in [5, 5.41) is 2.96. The van der Waals surface area contributed by atoms with Gasteiger partial charge in [0.1, 0.15) is 5.75 Å². The number of hydrogen-bond donors (Lipinski definition) is 1. The number of methoxy groups -OCH3 is 1. The van der Waals surface area contributed by atoms with Crippen LogP contribution in [0.2, 0.25) is 0 Å². The molecule has 1 aliphatic carbocycles. The SMILES string of the molecule is COc1ccccc1N(C)S(=O)(=O)c1ccc(C(=O)OCC(=O)N[C@@H]2CCC[C@@H](C)[C@H]2C)cc1. The van der Waals surface area contributed by atoms with Crippen LogP contribution >= 0.6 is 0 Å². The van der Waals surface area contributed by atoms with E-state index < -0.39 is 16.0 Å². The van der Waals surface area contributed by atoms with E-state index >= 15 is 0 Å². The summed E-state index contributed by atoms with van der Waals surface area (Å²) in [7, 11) is -0.981. The highest BCUT2D eigenvalue weighted by atomic mass is 32.2. The Kier molecular flexibility index (Phi) is 8.19. The van der Waals surface area contributed by atoms with Gasteiger partial charge in [0.15, 0.2) is 6.61 Å². The maximum absolute atomic E-state index is 13.0. The number of carbonyl (C=O) groups excluding carboxylic acids is 2. The van der Waals surface area contributed by atoms with E-state index in [9.17, 15) is 18.0 Å². The minimum Gasteiger partial charge on any atom is -0.495 e. The molecule has 0 spiro atoms. The van der Waals surface area contributed by atoms with E-state index in [0.717, 1.165) is 23.6 Å². The quantitative estimate of drug-likeness (QED) is 0.570. The van der Waals surface area contributed by atoms with Gasteiger partial charge in [-0.2, -0.15) is 0 Å². The van der Waals surface area contributed by atoms with Crippen molar-refractivity contribution in [1.29, 1.82) is 0 Å². The lowest BCUT2D eigenvalue weighted by Gasteiger charge is -2.34. The summed E-state index contributed by atoms with van der Waals surface area (Å²) in [6, 6.07) is 12.3. The molecule has 1 saturated carbocycles. The number of anilines is 1. The van der Waals surface area contributed by atoms with Gasteiger partial charge in [0.25, 0.3) is 15.9 Å². The Morgan fingerprint density at radius 1 is 1.06 bits per heavy atom. The Labute approximate surface area is 201 Å². The molecular formula is C25H32N2O6S. The van der Waals surface area contributed by atoms with Gasteiger partial charge in [-0.1, -0.05) is 38.8 Å². The molecule has 0 aromatic heterocycles. The highest BCUT2D eigenvalue weighted by Crippen LogP contribution is 2.31. The molecule has 8 nitrogen and oxygen atoms in total. The third kappa shape index (κ3) is 5.70. The molecule has 0 unspecified atom stereocenters. The first kappa shape index (κ1) is 25.6. The molecule has 3 atom stereocenters. The van der Waals surface area contributed by atoms with Crippen LogP contribution in [0.3, 0.4) is 0 Å². The van der Waals surface area contributed by atoms with E-state index in [2.05, 4.69) is 19.2 Å². The molecule has 0 radical (unpaired) electrons. The third-order valence-corrected chi connectivity index (χ3v) is 8.35. The van der Waals surface area contributed by atoms with Crippen molar-refractivity contribution in [2.45, 2.75) is 44.0 Å². The van der Waals surface area contributed by atoms with Crippen LogP contribution in [0.25, 0.3) is 0 Å². The van der Waals surface area contributed by atoms with Gasteiger partial charge >= 0.3 is 5.97 Å². The predicted molar refractivity (Wildman–Crippen MR) is 129 cm³/mol. The second-order valence-electron chi connectivity index (χ2n) is 8.69. The topological polar surface area (TPSA) is 102 Å². The van der Waals surface area contributed by atoms with Crippen molar-refractivity contribution in [2.75, 3.05) is 25.1 Å². The molecule has 0 heterocycles. The number of amides is 1. The average Bonchev–Trinajstić information content (AvgIpc) is 2.84. The maximum atomic E-state index is 13.0. The van der Waals surface area contributed by atoms with Gasteiger partial charge in [-0.15, -0.1) is 0 Å². The number of benzene rings is 2. The highest BCUT2D eigenvalue weighted by Gasteiger charge is 2.28. The Bertz CT molecular complexity index is 1120. The lowest BCUT2D eigenvalue weighted by molar-refractivity contribution is -0.125. The van der Waals surface area contributed by atoms with Crippen LogP contribution in [0.15, 0.2) is 53.4 Å². The van der Waals surface area contributed by atoms with E-state index in [-0.39, 0.29) is 29.0 Å². The predicted octanol–water partition coefficient (Wildman–Crippen LogP) is 3.62. The second kappa shape index (κ2) is 10.9. The van der Waals surface area contributed by atoms with Gasteiger partial charge in [-0.25, -0.2) is 13.2 Å². The molecule has 34 heavy (non-hydrogen) atoms. The van der Waals surface area contributed by atoms with E-state index in [1.807, 2.05) is 0 Å². The van der Waals surface area contributed by atoms with Gasteiger partial charge in [-0.05, 0) is 54.7 Å². The first-order valence-corrected chi connectivity index (χ1v) is 12.8. The fourth-order valence-corrected chi connectivity index (χ4v) is 5.40. The molecule has 3 rings (SSSR count). The van der Waals surface area contributed by atoms with Crippen molar-refractivity contribution in [1.82, 2.24) is 5.32 Å². The summed E-state index contributed by atoms with van der Waals surface area (Å²) >= 11 is 0. The third-order valence-electron chi connectivity index (χ3n) is 6.56. The Balaban J connectivity index is 1.61. The van der Waals surface area contributed by atoms with Gasteiger partial charge in [0.2, 0.25) is 0 Å². The van der Waals surface area contributed by atoms with Crippen LogP contribution in [-0.4, -0.2) is 47.1 Å². The molecule has 1 aliphatic rings. The smallest absolute Gasteiger partial charge is 0.338 e. The first-order chi connectivity index (χ1) is 16.1. The Morgan fingerprint density at radius 2 is 1.74 bits per heavy atom. The molecule has 0 bridgehead atoms. The fraction of sp³-hybridized carbons (Fsp3) is 0.440. The number of para-hydroxylation sites is 2. The first-order valence-electron chi connectivity index (χ1n) is 11.3. The summed E-state index contributed by atoms with van der Waals surface area (Å²) in [5.74, 6) is 0.304. The van der Waals surface area contributed by atoms with Crippen molar-refractivity contribution in [3.8, 4) is 5.75 Å². The summed E-state index contributed by atoms with van der Waals surface area (Å²) in [4.78, 5) is 24.7. The van der Waals surface area contributed by atoms with Gasteiger partial charge in [0.05, 0.1) is 23.3 Å². The second-order valence-corrected chi connectivity index (χ2v) is 10.7. The normalized spacial score (nSPS) is 20.3. The van der Waals surface area contributed by atoms with Crippen LogP contribution in [0.5, 0.6) is 5.75 Å². The molecule has 184 valence electrons. The molecule has 2 aromatic rings. The number of carbonyl (C=O) groups is 2. The Morgan fingerprint density at radius 3 is 2.41 bits per heavy atom. The lowest BCUT2D eigenvalue weighted by Crippen LogP contribution is -2.45. The number of hydrogen-bond acceptors (Lipinski definition) is 6. The summed E-state index contributed by atoms with van der Waals surface area (Å²) in [6.45, 7) is 3.93. The summed E-state index contributed by atoms with van der Waals surface area (Å²) in [6.07, 6.45) is 3.14. The van der Waals surface area contributed by atoms with Gasteiger partial charge in [0, 0.05) is 13.1 Å². The van der Waals surface area contributed by atoms with Crippen LogP contribution in [0, 0.1) is 11.8 Å². The molecule has 2 aromatic carbocycles. The number of nitrogens with one attached hydrogen (secondary N) is 1. The van der Waals surface area contributed by atoms with Gasteiger partial charge in [-0.3, -0.25) is 9.10 Å². The molecule has 1 amide bonds. The van der Waals surface area contributed by atoms with Crippen LogP contribution in [0.1, 0.15) is 43.5 Å². The number of nitrogens with zero attached hydrogens (tertiary/aromatic N) is 1. The highest BCUT2D eigenvalue weighted by molar-refractivity contribution is 7.92. The van der Waals surface area contributed by atoms with Crippen molar-refractivity contribution in [3.05, 3.63) is 54.1 Å². The van der Waals surface area contributed by atoms with E-state index in [4.69, 9.17) is 9.47 Å². The zero-order valence-corrected chi connectivity index (χ0v) is 20.8. The average molecular weight is 489 g/mol. The van der Waals surface area contributed by atoms with E-state index in [0.29, 0.717) is 23.3 Å². The van der Waals surface area contributed by atoms with Crippen LogP contribution in [-0.2, 0) is 19.6 Å². The standard InChI is InChI=1S/C25H32N2O6S/c1-17-8-7-9-21(18(17)2)26-24(28)16-33-25(29)19-12-14-20(15-13-19)34(30,31)27(3)22-10-5-6-11-23(22)32-4/h5-6,10-15,17-18,21H,7-9,16H2,1-4H3,(H,26,28)/t17-,18-,21-/m1/s1. The number of rotatable bonds is 8. The monoisotopic (exact) mass is 488 g/mol.